The van der Waals surface area contributed by atoms with Gasteiger partial charge in [0.1, 0.15) is 16.6 Å². The fourth-order valence-electron chi connectivity index (χ4n) is 6.01. The molecule has 0 fully saturated rings. The van der Waals surface area contributed by atoms with Crippen molar-refractivity contribution in [2.24, 2.45) is 0 Å². The normalized spacial score (nSPS) is 11.3. The molecule has 0 bridgehead atoms. The van der Waals surface area contributed by atoms with Gasteiger partial charge in [-0.05, 0) is 152 Å². The number of oxazole rings is 2. The van der Waals surface area contributed by atoms with Gasteiger partial charge in [-0.25, -0.2) is 9.59 Å². The second-order valence-corrected chi connectivity index (χ2v) is 16.7. The van der Waals surface area contributed by atoms with Crippen LogP contribution in [0.4, 0.5) is 44.4 Å². The fraction of sp³-hybridized carbons (Fsp3) is 0.348. The molecule has 6 rings (SSSR count). The molecule has 6 aromatic rings. The molecule has 16 heteroatoms. The van der Waals surface area contributed by atoms with Crippen molar-refractivity contribution in [1.29, 1.82) is 0 Å². The van der Waals surface area contributed by atoms with Crippen LogP contribution in [0.2, 0.25) is 0 Å². The SMILES string of the molecule is Cc1ccc2nc(Nc3ccc(NC(=O)CCCN(C(=O)O)C(C)(C)C)cc3)oc2c1.Cc1ccc2nc(Nc3ccc(NC(=O)CCCNC(=O)OC(C)(C)C)cc3)oc2c1. The number of carbonyl (C=O) groups excluding carboxylic acids is 3. The minimum Gasteiger partial charge on any atom is -0.465 e. The molecule has 0 aliphatic heterocycles. The van der Waals surface area contributed by atoms with Gasteiger partial charge in [-0.3, -0.25) is 9.59 Å². The monoisotopic (exact) mass is 848 g/mol. The van der Waals surface area contributed by atoms with Gasteiger partial charge in [-0.2, -0.15) is 9.97 Å². The summed E-state index contributed by atoms with van der Waals surface area (Å²) in [5.41, 5.74) is 7.11. The third-order valence-electron chi connectivity index (χ3n) is 9.00. The Labute approximate surface area is 360 Å². The Bertz CT molecular complexity index is 2460. The van der Waals surface area contributed by atoms with Gasteiger partial charge < -0.3 is 50.2 Å². The molecule has 0 radical (unpaired) electrons. The molecular formula is C46H56N8O8. The van der Waals surface area contributed by atoms with E-state index in [1.807, 2.05) is 95.3 Å². The average Bonchev–Trinajstić information content (AvgIpc) is 3.77. The van der Waals surface area contributed by atoms with Crippen LogP contribution in [0.5, 0.6) is 0 Å². The number of hydrogen-bond acceptors (Lipinski definition) is 11. The van der Waals surface area contributed by atoms with E-state index in [0.29, 0.717) is 49.3 Å². The van der Waals surface area contributed by atoms with E-state index in [4.69, 9.17) is 13.6 Å². The van der Waals surface area contributed by atoms with Crippen molar-refractivity contribution in [2.45, 2.75) is 92.2 Å². The van der Waals surface area contributed by atoms with Crippen LogP contribution in [0.15, 0.2) is 93.8 Å². The predicted octanol–water partition coefficient (Wildman–Crippen LogP) is 10.5. The number of anilines is 6. The van der Waals surface area contributed by atoms with Crippen LogP contribution in [0.3, 0.4) is 0 Å². The Kier molecular flexibility index (Phi) is 15.2. The standard InChI is InChI=1S/2C23H28N4O4/c1-15-7-12-18-19(14-15)31-21(26-18)25-17-10-8-16(9-11-17)24-20(28)6-5-13-27(22(29)30)23(2,3)4;1-15-7-12-18-19(14-15)30-21(27-18)26-17-10-8-16(9-11-17)25-20(28)6-5-13-24-22(29)31-23(2,3)4/h7-12,14H,5-6,13H2,1-4H3,(H,24,28)(H,25,26)(H,29,30);7-12,14H,5-6,13H2,1-4H3,(H,24,29)(H,25,28)(H,26,27). The van der Waals surface area contributed by atoms with Gasteiger partial charge >= 0.3 is 12.2 Å². The lowest BCUT2D eigenvalue weighted by molar-refractivity contribution is -0.117. The van der Waals surface area contributed by atoms with E-state index in [-0.39, 0.29) is 24.7 Å². The van der Waals surface area contributed by atoms with Crippen molar-refractivity contribution in [3.8, 4) is 0 Å². The molecule has 0 unspecified atom stereocenters. The van der Waals surface area contributed by atoms with Crippen molar-refractivity contribution in [3.05, 3.63) is 96.1 Å². The number of carboxylic acid groups (broad SMARTS) is 1. The van der Waals surface area contributed by atoms with E-state index in [1.54, 1.807) is 45.0 Å². The number of rotatable bonds is 14. The minimum absolute atomic E-state index is 0.124. The Morgan fingerprint density at radius 2 is 1.08 bits per heavy atom. The molecule has 6 N–H and O–H groups in total. The third-order valence-corrected chi connectivity index (χ3v) is 9.00. The predicted molar refractivity (Wildman–Crippen MR) is 241 cm³/mol. The Morgan fingerprint density at radius 1 is 0.645 bits per heavy atom. The average molecular weight is 849 g/mol. The van der Waals surface area contributed by atoms with Crippen molar-refractivity contribution in [1.82, 2.24) is 20.2 Å². The highest BCUT2D eigenvalue weighted by molar-refractivity contribution is 5.91. The number of amides is 4. The smallest absolute Gasteiger partial charge is 0.407 e. The first-order valence-corrected chi connectivity index (χ1v) is 20.4. The van der Waals surface area contributed by atoms with Crippen LogP contribution in [0, 0.1) is 13.8 Å². The Hall–Kier alpha value is -7.10. The summed E-state index contributed by atoms with van der Waals surface area (Å²) in [7, 11) is 0. The Morgan fingerprint density at radius 3 is 1.50 bits per heavy atom. The number of benzene rings is 4. The zero-order valence-electron chi connectivity index (χ0n) is 36.5. The van der Waals surface area contributed by atoms with Crippen LogP contribution in [0.25, 0.3) is 22.2 Å². The van der Waals surface area contributed by atoms with Gasteiger partial charge in [0, 0.05) is 54.2 Å². The topological polar surface area (TPSA) is 213 Å². The molecule has 0 spiro atoms. The van der Waals surface area contributed by atoms with Crippen molar-refractivity contribution < 1.29 is 37.9 Å². The highest BCUT2D eigenvalue weighted by Crippen LogP contribution is 2.26. The first-order valence-electron chi connectivity index (χ1n) is 20.4. The van der Waals surface area contributed by atoms with Crippen molar-refractivity contribution in [2.75, 3.05) is 34.4 Å². The first kappa shape index (κ1) is 46.0. The first-order chi connectivity index (χ1) is 29.3. The maximum Gasteiger partial charge on any atom is 0.407 e. The second kappa shape index (κ2) is 20.4. The van der Waals surface area contributed by atoms with E-state index in [1.165, 1.54) is 4.90 Å². The van der Waals surface area contributed by atoms with E-state index in [2.05, 4.69) is 36.6 Å². The summed E-state index contributed by atoms with van der Waals surface area (Å²) in [6, 6.07) is 27.0. The molecule has 0 aliphatic rings. The minimum atomic E-state index is -0.981. The number of aromatic nitrogens is 2. The van der Waals surface area contributed by atoms with Crippen molar-refractivity contribution >= 4 is 81.0 Å². The lowest BCUT2D eigenvalue weighted by Crippen LogP contribution is -2.45. The Balaban J connectivity index is 0.000000234. The van der Waals surface area contributed by atoms with E-state index in [0.717, 1.165) is 44.7 Å². The molecule has 0 saturated heterocycles. The zero-order chi connectivity index (χ0) is 45.0. The molecule has 4 aromatic carbocycles. The third kappa shape index (κ3) is 14.6. The maximum atomic E-state index is 12.2. The number of fused-ring (bicyclic) bond motifs is 2. The summed E-state index contributed by atoms with van der Waals surface area (Å²) in [6.07, 6.45) is 0.0317. The summed E-state index contributed by atoms with van der Waals surface area (Å²) in [4.78, 5) is 57.4. The number of alkyl carbamates (subject to hydrolysis) is 1. The van der Waals surface area contributed by atoms with Crippen LogP contribution < -0.4 is 26.6 Å². The van der Waals surface area contributed by atoms with Crippen molar-refractivity contribution in [3.63, 3.8) is 0 Å². The number of nitrogens with one attached hydrogen (secondary N) is 5. The number of ether oxygens (including phenoxy) is 1. The summed E-state index contributed by atoms with van der Waals surface area (Å²) >= 11 is 0. The molecule has 16 nitrogen and oxygen atoms in total. The molecule has 0 aliphatic carbocycles. The largest absolute Gasteiger partial charge is 0.465 e. The molecule has 328 valence electrons. The van der Waals surface area contributed by atoms with Gasteiger partial charge in [0.2, 0.25) is 11.8 Å². The molecule has 0 saturated carbocycles. The van der Waals surface area contributed by atoms with E-state index < -0.39 is 23.3 Å². The van der Waals surface area contributed by atoms with Crippen LogP contribution in [-0.4, -0.2) is 68.2 Å². The molecule has 62 heavy (non-hydrogen) atoms. The number of nitrogens with zero attached hydrogens (tertiary/aromatic N) is 3. The fourth-order valence-corrected chi connectivity index (χ4v) is 6.01. The molecule has 4 amide bonds. The van der Waals surface area contributed by atoms with Gasteiger partial charge in [0.15, 0.2) is 11.2 Å². The summed E-state index contributed by atoms with van der Waals surface area (Å²) in [5, 5.41) is 23.8. The molecule has 2 aromatic heterocycles. The van der Waals surface area contributed by atoms with E-state index in [9.17, 15) is 24.3 Å². The molecular weight excluding hydrogens is 793 g/mol. The van der Waals surface area contributed by atoms with Gasteiger partial charge in [0.25, 0.3) is 12.0 Å². The van der Waals surface area contributed by atoms with Crippen LogP contribution >= 0.6 is 0 Å². The zero-order valence-corrected chi connectivity index (χ0v) is 36.5. The summed E-state index contributed by atoms with van der Waals surface area (Å²) < 4.78 is 16.6. The maximum absolute atomic E-state index is 12.2. The lowest BCUT2D eigenvalue weighted by Gasteiger charge is -2.33. The quantitative estimate of drug-likeness (QED) is 0.0565. The molecule has 2 heterocycles. The lowest BCUT2D eigenvalue weighted by atomic mass is 10.1. The van der Waals surface area contributed by atoms with E-state index >= 15 is 0 Å². The molecule has 0 atom stereocenters. The van der Waals surface area contributed by atoms with Gasteiger partial charge in [0.05, 0.1) is 0 Å². The number of carbonyl (C=O) groups is 4. The highest BCUT2D eigenvalue weighted by Gasteiger charge is 2.25. The number of hydrogen-bond donors (Lipinski definition) is 6. The van der Waals surface area contributed by atoms with Gasteiger partial charge in [-0.15, -0.1) is 0 Å². The highest BCUT2D eigenvalue weighted by atomic mass is 16.6. The summed E-state index contributed by atoms with van der Waals surface area (Å²) in [6.45, 7) is 15.6. The van der Waals surface area contributed by atoms with Crippen LogP contribution in [0.1, 0.15) is 78.4 Å². The van der Waals surface area contributed by atoms with Crippen LogP contribution in [-0.2, 0) is 14.3 Å². The second-order valence-electron chi connectivity index (χ2n) is 16.7. The van der Waals surface area contributed by atoms with Gasteiger partial charge in [-0.1, -0.05) is 12.1 Å². The summed E-state index contributed by atoms with van der Waals surface area (Å²) in [5.74, 6) is -0.282. The number of aryl methyl sites for hydroxylation is 2.